The maximum atomic E-state index is 4.13. The van der Waals surface area contributed by atoms with Crippen LogP contribution < -0.4 is 5.32 Å². The Labute approximate surface area is 122 Å². The average Bonchev–Trinajstić information content (AvgIpc) is 2.33. The summed E-state index contributed by atoms with van der Waals surface area (Å²) in [7, 11) is 0. The van der Waals surface area contributed by atoms with Crippen molar-refractivity contribution in [3.63, 3.8) is 0 Å². The van der Waals surface area contributed by atoms with Crippen molar-refractivity contribution >= 4 is 0 Å². The number of pyridine rings is 1. The van der Waals surface area contributed by atoms with Gasteiger partial charge >= 0.3 is 0 Å². The van der Waals surface area contributed by atoms with Crippen LogP contribution in [0, 0.1) is 16.7 Å². The van der Waals surface area contributed by atoms with Crippen molar-refractivity contribution in [1.82, 2.24) is 4.98 Å². The molecule has 0 amide bonds. The van der Waals surface area contributed by atoms with Crippen LogP contribution in [0.15, 0.2) is 24.5 Å². The maximum Gasteiger partial charge on any atom is 0.102 e. The molecule has 0 aliphatic heterocycles. The summed E-state index contributed by atoms with van der Waals surface area (Å²) in [5.41, 5.74) is 3.21. The van der Waals surface area contributed by atoms with Crippen molar-refractivity contribution in [2.45, 2.75) is 64.5 Å². The standard InChI is InChI=1S/C18H26N2/c1-16-7-15-8-17(2,11-16)13-18(9-15,12-16)20-10-14-3-5-19-6-4-14/h3-6,15,20H,7-13H2,1-2H3/p+1/t15?,16-,17+,18?. The highest BCUT2D eigenvalue weighted by Crippen LogP contribution is 2.65. The molecule has 20 heavy (non-hydrogen) atoms. The van der Waals surface area contributed by atoms with Crippen molar-refractivity contribution in [3.8, 4) is 0 Å². The fourth-order valence-corrected chi connectivity index (χ4v) is 6.62. The molecule has 0 aromatic carbocycles. The molecule has 1 aromatic heterocycles. The summed E-state index contributed by atoms with van der Waals surface area (Å²) in [6.45, 7) is 6.25. The van der Waals surface area contributed by atoms with E-state index in [0.29, 0.717) is 16.4 Å². The molecule has 2 N–H and O–H groups in total. The third-order valence-corrected chi connectivity index (χ3v) is 6.19. The van der Waals surface area contributed by atoms with E-state index in [9.17, 15) is 0 Å². The van der Waals surface area contributed by atoms with Gasteiger partial charge in [0.1, 0.15) is 6.54 Å². The Morgan fingerprint density at radius 3 is 2.30 bits per heavy atom. The van der Waals surface area contributed by atoms with E-state index in [1.165, 1.54) is 44.1 Å². The topological polar surface area (TPSA) is 29.5 Å². The Morgan fingerprint density at radius 1 is 1.05 bits per heavy atom. The second-order valence-electron chi connectivity index (χ2n) is 8.76. The van der Waals surface area contributed by atoms with Gasteiger partial charge in [-0.2, -0.15) is 0 Å². The van der Waals surface area contributed by atoms with E-state index in [1.54, 1.807) is 0 Å². The highest BCUT2D eigenvalue weighted by molar-refractivity contribution is 5.12. The van der Waals surface area contributed by atoms with Crippen molar-refractivity contribution in [3.05, 3.63) is 30.1 Å². The highest BCUT2D eigenvalue weighted by atomic mass is 15.0. The number of hydrogen-bond acceptors (Lipinski definition) is 1. The van der Waals surface area contributed by atoms with Crippen LogP contribution in [-0.2, 0) is 6.54 Å². The first-order valence-electron chi connectivity index (χ1n) is 8.22. The molecular weight excluding hydrogens is 244 g/mol. The van der Waals surface area contributed by atoms with Gasteiger partial charge in [0.25, 0.3) is 0 Å². The Bertz CT molecular complexity index is 491. The Kier molecular flexibility index (Phi) is 2.61. The molecule has 0 spiro atoms. The van der Waals surface area contributed by atoms with Gasteiger partial charge in [-0.1, -0.05) is 13.8 Å². The first-order chi connectivity index (χ1) is 9.49. The summed E-state index contributed by atoms with van der Waals surface area (Å²) in [6, 6.07) is 4.33. The van der Waals surface area contributed by atoms with Crippen LogP contribution in [0.1, 0.15) is 57.9 Å². The molecular formula is C18H27N2+. The summed E-state index contributed by atoms with van der Waals surface area (Å²) in [5, 5.41) is 2.68. The van der Waals surface area contributed by atoms with Gasteiger partial charge in [-0.3, -0.25) is 4.98 Å². The first kappa shape index (κ1) is 12.8. The molecule has 4 aliphatic carbocycles. The molecule has 2 heteroatoms. The fourth-order valence-electron chi connectivity index (χ4n) is 6.62. The minimum atomic E-state index is 0.534. The van der Waals surface area contributed by atoms with E-state index in [0.717, 1.165) is 12.5 Å². The zero-order valence-electron chi connectivity index (χ0n) is 12.9. The lowest BCUT2D eigenvalue weighted by molar-refractivity contribution is -0.755. The monoisotopic (exact) mass is 271 g/mol. The van der Waals surface area contributed by atoms with Crippen molar-refractivity contribution < 1.29 is 5.32 Å². The van der Waals surface area contributed by atoms with Crippen LogP contribution in [0.5, 0.6) is 0 Å². The van der Waals surface area contributed by atoms with Gasteiger partial charge in [0.15, 0.2) is 0 Å². The van der Waals surface area contributed by atoms with E-state index in [4.69, 9.17) is 0 Å². The van der Waals surface area contributed by atoms with Crippen LogP contribution in [0.2, 0.25) is 0 Å². The van der Waals surface area contributed by atoms with Crippen molar-refractivity contribution in [2.24, 2.45) is 16.7 Å². The highest BCUT2D eigenvalue weighted by Gasteiger charge is 2.61. The van der Waals surface area contributed by atoms with Gasteiger partial charge in [-0.05, 0) is 48.1 Å². The SMILES string of the molecule is C[C@]12CC3CC([NH2+]Cc4ccncc4)(C1)C[C@@](C)(C3)C2. The zero-order chi connectivity index (χ0) is 13.8. The van der Waals surface area contributed by atoms with Crippen LogP contribution in [0.25, 0.3) is 0 Å². The van der Waals surface area contributed by atoms with Gasteiger partial charge in [-0.25, -0.2) is 0 Å². The lowest BCUT2D eigenvalue weighted by Gasteiger charge is -2.63. The number of nitrogens with zero attached hydrogens (tertiary/aromatic N) is 1. The molecule has 4 aliphatic rings. The average molecular weight is 271 g/mol. The van der Waals surface area contributed by atoms with E-state index < -0.39 is 0 Å². The van der Waals surface area contributed by atoms with Gasteiger partial charge in [0.2, 0.25) is 0 Å². The maximum absolute atomic E-state index is 4.13. The Morgan fingerprint density at radius 2 is 1.70 bits per heavy atom. The minimum absolute atomic E-state index is 0.534. The molecule has 1 aromatic rings. The molecule has 2 unspecified atom stereocenters. The molecule has 4 fully saturated rings. The van der Waals surface area contributed by atoms with Gasteiger partial charge < -0.3 is 5.32 Å². The third kappa shape index (κ3) is 2.09. The van der Waals surface area contributed by atoms with Crippen molar-refractivity contribution in [2.75, 3.05) is 0 Å². The summed E-state index contributed by atoms with van der Waals surface area (Å²) in [4.78, 5) is 4.13. The van der Waals surface area contributed by atoms with Gasteiger partial charge in [0, 0.05) is 37.2 Å². The number of nitrogens with two attached hydrogens (primary N) is 1. The van der Waals surface area contributed by atoms with E-state index in [1.807, 2.05) is 12.4 Å². The van der Waals surface area contributed by atoms with E-state index in [2.05, 4.69) is 36.3 Å². The number of quaternary nitrogens is 1. The number of hydrogen-bond donors (Lipinski definition) is 1. The van der Waals surface area contributed by atoms with Gasteiger partial charge in [-0.15, -0.1) is 0 Å². The summed E-state index contributed by atoms with van der Waals surface area (Å²) < 4.78 is 0. The quantitative estimate of drug-likeness (QED) is 0.900. The second kappa shape index (κ2) is 4.07. The summed E-state index contributed by atoms with van der Waals surface area (Å²) >= 11 is 0. The smallest absolute Gasteiger partial charge is 0.102 e. The molecule has 0 saturated heterocycles. The normalized spacial score (nSPS) is 45.8. The fraction of sp³-hybridized carbons (Fsp3) is 0.722. The Balaban J connectivity index is 1.55. The lowest BCUT2D eigenvalue weighted by Crippen LogP contribution is -2.98. The molecule has 2 nitrogen and oxygen atoms in total. The van der Waals surface area contributed by atoms with E-state index >= 15 is 0 Å². The molecule has 4 atom stereocenters. The molecule has 4 bridgehead atoms. The van der Waals surface area contributed by atoms with Gasteiger partial charge in [0.05, 0.1) is 5.54 Å². The Hall–Kier alpha value is -0.890. The number of aromatic nitrogens is 1. The molecule has 5 rings (SSSR count). The lowest BCUT2D eigenvalue weighted by atomic mass is 9.43. The molecule has 108 valence electrons. The summed E-state index contributed by atoms with van der Waals surface area (Å²) in [5.74, 6) is 0.995. The first-order valence-corrected chi connectivity index (χ1v) is 8.22. The minimum Gasteiger partial charge on any atom is -0.338 e. The van der Waals surface area contributed by atoms with Crippen LogP contribution in [0.3, 0.4) is 0 Å². The second-order valence-corrected chi connectivity index (χ2v) is 8.76. The number of rotatable bonds is 3. The summed E-state index contributed by atoms with van der Waals surface area (Å²) in [6.07, 6.45) is 12.6. The predicted molar refractivity (Wildman–Crippen MR) is 80.0 cm³/mol. The molecule has 1 heterocycles. The largest absolute Gasteiger partial charge is 0.338 e. The van der Waals surface area contributed by atoms with E-state index in [-0.39, 0.29) is 0 Å². The zero-order valence-corrected chi connectivity index (χ0v) is 12.9. The molecule has 4 saturated carbocycles. The van der Waals surface area contributed by atoms with Crippen LogP contribution in [0.4, 0.5) is 0 Å². The molecule has 0 radical (unpaired) electrons. The van der Waals surface area contributed by atoms with Crippen LogP contribution >= 0.6 is 0 Å². The van der Waals surface area contributed by atoms with Crippen molar-refractivity contribution in [1.29, 1.82) is 0 Å². The third-order valence-electron chi connectivity index (χ3n) is 6.19. The van der Waals surface area contributed by atoms with Crippen LogP contribution in [-0.4, -0.2) is 10.5 Å². The predicted octanol–water partition coefficient (Wildman–Crippen LogP) is 2.89.